The molecule has 2 aromatic rings. The Balaban J connectivity index is 0.00000338. The van der Waals surface area contributed by atoms with Crippen LogP contribution in [0.5, 0.6) is 0 Å². The molecule has 1 amide bonds. The average molecular weight is 391 g/mol. The SMILES string of the molecule is CNCCCNC(=O)c1cc(F)ccc1-c1cccc(C(F)(F)F)c1.Cl. The lowest BCUT2D eigenvalue weighted by atomic mass is 9.97. The number of amides is 1. The predicted molar refractivity (Wildman–Crippen MR) is 95.0 cm³/mol. The van der Waals surface area contributed by atoms with Crippen molar-refractivity contribution in [3.8, 4) is 11.1 Å². The number of hydrogen-bond acceptors (Lipinski definition) is 2. The standard InChI is InChI=1S/C18H18F4N2O.ClH/c1-23-8-3-9-24-17(25)16-11-14(19)6-7-15(16)12-4-2-5-13(10-12)18(20,21)22;/h2,4-7,10-11,23H,3,8-9H2,1H3,(H,24,25);1H. The van der Waals surface area contributed by atoms with Gasteiger partial charge in [-0.15, -0.1) is 12.4 Å². The summed E-state index contributed by atoms with van der Waals surface area (Å²) in [6, 6.07) is 8.08. The summed E-state index contributed by atoms with van der Waals surface area (Å²) < 4.78 is 52.3. The van der Waals surface area contributed by atoms with Gasteiger partial charge in [0.1, 0.15) is 5.82 Å². The van der Waals surface area contributed by atoms with E-state index in [-0.39, 0.29) is 29.1 Å². The summed E-state index contributed by atoms with van der Waals surface area (Å²) in [4.78, 5) is 12.3. The van der Waals surface area contributed by atoms with Gasteiger partial charge >= 0.3 is 6.18 Å². The summed E-state index contributed by atoms with van der Waals surface area (Å²) in [5.74, 6) is -1.15. The van der Waals surface area contributed by atoms with Crippen LogP contribution < -0.4 is 10.6 Å². The van der Waals surface area contributed by atoms with Crippen LogP contribution in [0.15, 0.2) is 42.5 Å². The number of nitrogens with one attached hydrogen (secondary N) is 2. The Hall–Kier alpha value is -2.12. The normalized spacial score (nSPS) is 11.0. The molecule has 2 aromatic carbocycles. The minimum atomic E-state index is -4.49. The second-order valence-corrected chi connectivity index (χ2v) is 5.48. The third-order valence-electron chi connectivity index (χ3n) is 3.62. The van der Waals surface area contributed by atoms with E-state index >= 15 is 0 Å². The number of alkyl halides is 3. The summed E-state index contributed by atoms with van der Waals surface area (Å²) >= 11 is 0. The van der Waals surface area contributed by atoms with E-state index in [2.05, 4.69) is 10.6 Å². The van der Waals surface area contributed by atoms with Crippen LogP contribution in [0.4, 0.5) is 17.6 Å². The third kappa shape index (κ3) is 5.71. The smallest absolute Gasteiger partial charge is 0.352 e. The van der Waals surface area contributed by atoms with Gasteiger partial charge in [0, 0.05) is 6.54 Å². The van der Waals surface area contributed by atoms with E-state index in [0.717, 1.165) is 24.3 Å². The molecule has 0 aromatic heterocycles. The van der Waals surface area contributed by atoms with Gasteiger partial charge < -0.3 is 10.6 Å². The second-order valence-electron chi connectivity index (χ2n) is 5.48. The van der Waals surface area contributed by atoms with Gasteiger partial charge in [0.25, 0.3) is 5.91 Å². The fourth-order valence-electron chi connectivity index (χ4n) is 2.38. The Labute approximate surface area is 155 Å². The van der Waals surface area contributed by atoms with Gasteiger partial charge in [0.05, 0.1) is 11.1 Å². The molecule has 0 radical (unpaired) electrons. The predicted octanol–water partition coefficient (Wildman–Crippen LogP) is 4.27. The van der Waals surface area contributed by atoms with Gasteiger partial charge in [-0.25, -0.2) is 4.39 Å². The number of carbonyl (C=O) groups excluding carboxylic acids is 1. The van der Waals surface area contributed by atoms with Gasteiger partial charge in [0.15, 0.2) is 0 Å². The topological polar surface area (TPSA) is 41.1 Å². The fourth-order valence-corrected chi connectivity index (χ4v) is 2.38. The Kier molecular flexibility index (Phi) is 8.05. The molecule has 0 spiro atoms. The van der Waals surface area contributed by atoms with Crippen molar-refractivity contribution in [3.05, 3.63) is 59.4 Å². The van der Waals surface area contributed by atoms with Crippen LogP contribution in [0.1, 0.15) is 22.3 Å². The van der Waals surface area contributed by atoms with Crippen molar-refractivity contribution in [2.45, 2.75) is 12.6 Å². The summed E-state index contributed by atoms with van der Waals surface area (Å²) in [5.41, 5.74) is -0.368. The minimum Gasteiger partial charge on any atom is -0.352 e. The van der Waals surface area contributed by atoms with Crippen LogP contribution in [0.25, 0.3) is 11.1 Å². The number of rotatable bonds is 6. The molecule has 0 atom stereocenters. The summed E-state index contributed by atoms with van der Waals surface area (Å²) in [5, 5.41) is 5.58. The number of carbonyl (C=O) groups is 1. The number of halogens is 5. The number of hydrogen-bond donors (Lipinski definition) is 2. The molecule has 0 heterocycles. The zero-order valence-corrected chi connectivity index (χ0v) is 14.8. The molecule has 0 saturated carbocycles. The summed E-state index contributed by atoms with van der Waals surface area (Å²) in [6.45, 7) is 1.07. The molecule has 0 aliphatic heterocycles. The lowest BCUT2D eigenvalue weighted by Gasteiger charge is -2.13. The highest BCUT2D eigenvalue weighted by Crippen LogP contribution is 2.33. The van der Waals surface area contributed by atoms with Crippen molar-refractivity contribution < 1.29 is 22.4 Å². The Bertz CT molecular complexity index is 750. The van der Waals surface area contributed by atoms with Crippen LogP contribution in [-0.4, -0.2) is 26.0 Å². The first-order valence-electron chi connectivity index (χ1n) is 7.73. The van der Waals surface area contributed by atoms with Crippen molar-refractivity contribution in [2.75, 3.05) is 20.1 Å². The Morgan fingerprint density at radius 2 is 1.81 bits per heavy atom. The van der Waals surface area contributed by atoms with Crippen LogP contribution in [0, 0.1) is 5.82 Å². The maximum Gasteiger partial charge on any atom is 0.416 e. The first-order valence-corrected chi connectivity index (χ1v) is 7.73. The van der Waals surface area contributed by atoms with E-state index in [0.29, 0.717) is 19.5 Å². The van der Waals surface area contributed by atoms with Crippen molar-refractivity contribution in [1.82, 2.24) is 10.6 Å². The summed E-state index contributed by atoms with van der Waals surface area (Å²) in [6.07, 6.45) is -3.82. The molecule has 142 valence electrons. The highest BCUT2D eigenvalue weighted by molar-refractivity contribution is 6.00. The molecule has 2 N–H and O–H groups in total. The average Bonchev–Trinajstić information content (AvgIpc) is 2.58. The molecule has 8 heteroatoms. The maximum absolute atomic E-state index is 13.6. The van der Waals surface area contributed by atoms with Gasteiger partial charge in [-0.3, -0.25) is 4.79 Å². The first-order chi connectivity index (χ1) is 11.8. The molecule has 26 heavy (non-hydrogen) atoms. The fraction of sp³-hybridized carbons (Fsp3) is 0.278. The highest BCUT2D eigenvalue weighted by Gasteiger charge is 2.30. The second kappa shape index (κ2) is 9.54. The van der Waals surface area contributed by atoms with E-state index in [1.807, 2.05) is 0 Å². The van der Waals surface area contributed by atoms with Crippen LogP contribution in [-0.2, 0) is 6.18 Å². The molecule has 0 fully saturated rings. The molecule has 0 unspecified atom stereocenters. The minimum absolute atomic E-state index is 0. The van der Waals surface area contributed by atoms with E-state index < -0.39 is 23.5 Å². The third-order valence-corrected chi connectivity index (χ3v) is 3.62. The van der Waals surface area contributed by atoms with Gasteiger partial charge in [-0.05, 0) is 55.4 Å². The monoisotopic (exact) mass is 390 g/mol. The first kappa shape index (κ1) is 21.9. The van der Waals surface area contributed by atoms with Crippen molar-refractivity contribution in [3.63, 3.8) is 0 Å². The maximum atomic E-state index is 13.6. The van der Waals surface area contributed by atoms with Gasteiger partial charge in [0.2, 0.25) is 0 Å². The molecule has 0 bridgehead atoms. The molecule has 0 aliphatic rings. The molecule has 3 nitrogen and oxygen atoms in total. The van der Waals surface area contributed by atoms with Crippen molar-refractivity contribution in [1.29, 1.82) is 0 Å². The number of benzene rings is 2. The van der Waals surface area contributed by atoms with E-state index in [1.54, 1.807) is 7.05 Å². The van der Waals surface area contributed by atoms with E-state index in [4.69, 9.17) is 0 Å². The van der Waals surface area contributed by atoms with Gasteiger partial charge in [-0.2, -0.15) is 13.2 Å². The van der Waals surface area contributed by atoms with E-state index in [1.165, 1.54) is 18.2 Å². The van der Waals surface area contributed by atoms with Crippen LogP contribution >= 0.6 is 12.4 Å². The van der Waals surface area contributed by atoms with Gasteiger partial charge in [-0.1, -0.05) is 18.2 Å². The largest absolute Gasteiger partial charge is 0.416 e. The van der Waals surface area contributed by atoms with Crippen molar-refractivity contribution in [2.24, 2.45) is 0 Å². The molecule has 2 rings (SSSR count). The zero-order chi connectivity index (χ0) is 18.4. The molecule has 0 aliphatic carbocycles. The van der Waals surface area contributed by atoms with Crippen molar-refractivity contribution >= 4 is 18.3 Å². The molecule has 0 saturated heterocycles. The van der Waals surface area contributed by atoms with Crippen LogP contribution in [0.3, 0.4) is 0 Å². The lowest BCUT2D eigenvalue weighted by Crippen LogP contribution is -2.27. The van der Waals surface area contributed by atoms with E-state index in [9.17, 15) is 22.4 Å². The van der Waals surface area contributed by atoms with Crippen LogP contribution in [0.2, 0.25) is 0 Å². The Morgan fingerprint density at radius 1 is 1.08 bits per heavy atom. The molecular weight excluding hydrogens is 372 g/mol. The zero-order valence-electron chi connectivity index (χ0n) is 14.0. The Morgan fingerprint density at radius 3 is 2.46 bits per heavy atom. The lowest BCUT2D eigenvalue weighted by molar-refractivity contribution is -0.137. The summed E-state index contributed by atoms with van der Waals surface area (Å²) in [7, 11) is 1.78. The highest BCUT2D eigenvalue weighted by atomic mass is 35.5. The quantitative estimate of drug-likeness (QED) is 0.571. The molecular formula is C18H19ClF4N2O.